The van der Waals surface area contributed by atoms with Crippen LogP contribution in [0.4, 0.5) is 5.69 Å². The number of hydrogen-bond donors (Lipinski definition) is 2. The Kier molecular flexibility index (Phi) is 3.73. The Bertz CT molecular complexity index is 558. The lowest BCUT2D eigenvalue weighted by Crippen LogP contribution is -2.27. The molecule has 104 valence electrons. The van der Waals surface area contributed by atoms with Crippen molar-refractivity contribution in [1.29, 1.82) is 0 Å². The van der Waals surface area contributed by atoms with Gasteiger partial charge in [-0.2, -0.15) is 0 Å². The zero-order valence-electron chi connectivity index (χ0n) is 11.1. The zero-order chi connectivity index (χ0) is 13.8. The number of anilines is 1. The van der Waals surface area contributed by atoms with Gasteiger partial charge >= 0.3 is 0 Å². The summed E-state index contributed by atoms with van der Waals surface area (Å²) in [4.78, 5) is 20.2. The lowest BCUT2D eigenvalue weighted by molar-refractivity contribution is -0.116. The maximum atomic E-state index is 11.9. The molecular formula is C14H17N5O. The number of carbonyl (C=O) groups excluding carboxylic acids is 1. The predicted octanol–water partition coefficient (Wildman–Crippen LogP) is 1.35. The minimum absolute atomic E-state index is 0.0292. The van der Waals surface area contributed by atoms with E-state index in [2.05, 4.69) is 20.6 Å². The summed E-state index contributed by atoms with van der Waals surface area (Å²) in [7, 11) is 0. The Labute approximate surface area is 117 Å². The van der Waals surface area contributed by atoms with Crippen molar-refractivity contribution in [3.8, 4) is 5.82 Å². The minimum Gasteiger partial charge on any atom is -0.325 e. The number of imidazole rings is 1. The molecule has 0 saturated carbocycles. The number of nitrogens with one attached hydrogen (secondary N) is 2. The second-order valence-corrected chi connectivity index (χ2v) is 4.92. The van der Waals surface area contributed by atoms with Crippen LogP contribution in [0.15, 0.2) is 37.1 Å². The molecular weight excluding hydrogens is 254 g/mol. The molecule has 2 aromatic rings. The monoisotopic (exact) mass is 271 g/mol. The Morgan fingerprint density at radius 3 is 3.10 bits per heavy atom. The second kappa shape index (κ2) is 5.83. The third-order valence-electron chi connectivity index (χ3n) is 3.39. The molecule has 6 heteroatoms. The number of amides is 1. The molecule has 1 atom stereocenters. The van der Waals surface area contributed by atoms with E-state index in [0.717, 1.165) is 30.9 Å². The Morgan fingerprint density at radius 1 is 1.50 bits per heavy atom. The van der Waals surface area contributed by atoms with Crippen LogP contribution in [0.3, 0.4) is 0 Å². The van der Waals surface area contributed by atoms with Crippen molar-refractivity contribution in [3.63, 3.8) is 0 Å². The molecule has 1 fully saturated rings. The van der Waals surface area contributed by atoms with Crippen LogP contribution in [0.5, 0.6) is 0 Å². The van der Waals surface area contributed by atoms with Gasteiger partial charge < -0.3 is 10.6 Å². The summed E-state index contributed by atoms with van der Waals surface area (Å²) in [5.74, 6) is 0.805. The molecule has 2 N–H and O–H groups in total. The van der Waals surface area contributed by atoms with Crippen molar-refractivity contribution in [3.05, 3.63) is 37.1 Å². The Morgan fingerprint density at radius 2 is 2.45 bits per heavy atom. The van der Waals surface area contributed by atoms with Crippen molar-refractivity contribution in [2.45, 2.75) is 25.3 Å². The van der Waals surface area contributed by atoms with Gasteiger partial charge in [-0.05, 0) is 31.5 Å². The molecule has 20 heavy (non-hydrogen) atoms. The first kappa shape index (κ1) is 12.8. The fraction of sp³-hybridized carbons (Fsp3) is 0.357. The normalized spacial score (nSPS) is 18.1. The number of nitrogens with zero attached hydrogens (tertiary/aromatic N) is 3. The molecule has 1 aliphatic heterocycles. The fourth-order valence-electron chi connectivity index (χ4n) is 2.37. The average Bonchev–Trinajstić information content (AvgIpc) is 3.12. The molecule has 3 rings (SSSR count). The third-order valence-corrected chi connectivity index (χ3v) is 3.39. The maximum Gasteiger partial charge on any atom is 0.225 e. The molecule has 0 bridgehead atoms. The van der Waals surface area contributed by atoms with Crippen LogP contribution >= 0.6 is 0 Å². The van der Waals surface area contributed by atoms with Gasteiger partial charge in [0.2, 0.25) is 5.91 Å². The summed E-state index contributed by atoms with van der Waals surface area (Å²) in [6, 6.07) is 4.01. The Balaban J connectivity index is 1.59. The van der Waals surface area contributed by atoms with Crippen LogP contribution in [-0.2, 0) is 4.79 Å². The summed E-state index contributed by atoms with van der Waals surface area (Å²) in [6.45, 7) is 1.01. The maximum absolute atomic E-state index is 11.9. The van der Waals surface area contributed by atoms with Gasteiger partial charge in [-0.1, -0.05) is 0 Å². The van der Waals surface area contributed by atoms with E-state index in [0.29, 0.717) is 12.5 Å². The SMILES string of the molecule is O=C(CC1CCCN1)Nc1ccc(-n2ccnc2)nc1. The van der Waals surface area contributed by atoms with Crippen molar-refractivity contribution in [2.75, 3.05) is 11.9 Å². The first-order chi connectivity index (χ1) is 9.81. The highest BCUT2D eigenvalue weighted by Gasteiger charge is 2.17. The molecule has 0 radical (unpaired) electrons. The van der Waals surface area contributed by atoms with Crippen molar-refractivity contribution in [1.82, 2.24) is 19.9 Å². The number of rotatable bonds is 4. The van der Waals surface area contributed by atoms with Gasteiger partial charge in [-0.3, -0.25) is 9.36 Å². The lowest BCUT2D eigenvalue weighted by Gasteiger charge is -2.10. The molecule has 0 aliphatic carbocycles. The third kappa shape index (κ3) is 3.03. The van der Waals surface area contributed by atoms with Crippen molar-refractivity contribution >= 4 is 11.6 Å². The minimum atomic E-state index is 0.0292. The number of carbonyl (C=O) groups is 1. The van der Waals surface area contributed by atoms with Crippen LogP contribution in [0.25, 0.3) is 5.82 Å². The molecule has 3 heterocycles. The van der Waals surface area contributed by atoms with E-state index in [1.807, 2.05) is 22.9 Å². The number of pyridine rings is 1. The van der Waals surface area contributed by atoms with Crippen LogP contribution in [0.1, 0.15) is 19.3 Å². The van der Waals surface area contributed by atoms with E-state index in [1.54, 1.807) is 18.7 Å². The molecule has 1 saturated heterocycles. The topological polar surface area (TPSA) is 71.8 Å². The number of aromatic nitrogens is 3. The van der Waals surface area contributed by atoms with E-state index >= 15 is 0 Å². The summed E-state index contributed by atoms with van der Waals surface area (Å²) < 4.78 is 1.81. The first-order valence-electron chi connectivity index (χ1n) is 6.79. The van der Waals surface area contributed by atoms with Crippen LogP contribution in [0.2, 0.25) is 0 Å². The largest absolute Gasteiger partial charge is 0.325 e. The standard InChI is InChI=1S/C14H17N5O/c20-14(8-11-2-1-5-16-11)18-12-3-4-13(17-9-12)19-7-6-15-10-19/h3-4,6-7,9-11,16H,1-2,5,8H2,(H,18,20). The summed E-state index contributed by atoms with van der Waals surface area (Å²) in [5.41, 5.74) is 0.719. The van der Waals surface area contributed by atoms with E-state index in [4.69, 9.17) is 0 Å². The molecule has 6 nitrogen and oxygen atoms in total. The quantitative estimate of drug-likeness (QED) is 0.880. The molecule has 1 amide bonds. The highest BCUT2D eigenvalue weighted by atomic mass is 16.1. The number of hydrogen-bond acceptors (Lipinski definition) is 4. The van der Waals surface area contributed by atoms with E-state index in [9.17, 15) is 4.79 Å². The Hall–Kier alpha value is -2.21. The molecule has 0 aromatic carbocycles. The van der Waals surface area contributed by atoms with Gasteiger partial charge in [0.1, 0.15) is 12.1 Å². The van der Waals surface area contributed by atoms with Gasteiger partial charge in [0.05, 0.1) is 11.9 Å². The van der Waals surface area contributed by atoms with Crippen molar-refractivity contribution < 1.29 is 4.79 Å². The van der Waals surface area contributed by atoms with Gasteiger partial charge in [0.25, 0.3) is 0 Å². The van der Waals surface area contributed by atoms with E-state index in [1.165, 1.54) is 0 Å². The smallest absolute Gasteiger partial charge is 0.225 e. The van der Waals surface area contributed by atoms with Gasteiger partial charge in [-0.15, -0.1) is 0 Å². The zero-order valence-corrected chi connectivity index (χ0v) is 11.1. The van der Waals surface area contributed by atoms with E-state index in [-0.39, 0.29) is 5.91 Å². The summed E-state index contributed by atoms with van der Waals surface area (Å²) in [6.07, 6.45) is 9.62. The van der Waals surface area contributed by atoms with Gasteiger partial charge in [0, 0.05) is 24.9 Å². The molecule has 1 aliphatic rings. The predicted molar refractivity (Wildman–Crippen MR) is 75.6 cm³/mol. The molecule has 1 unspecified atom stereocenters. The van der Waals surface area contributed by atoms with Crippen LogP contribution < -0.4 is 10.6 Å². The fourth-order valence-corrected chi connectivity index (χ4v) is 2.37. The second-order valence-electron chi connectivity index (χ2n) is 4.92. The van der Waals surface area contributed by atoms with Crippen LogP contribution in [-0.4, -0.2) is 33.0 Å². The summed E-state index contributed by atoms with van der Waals surface area (Å²) in [5, 5.41) is 6.19. The molecule has 2 aromatic heterocycles. The van der Waals surface area contributed by atoms with Gasteiger partial charge in [-0.25, -0.2) is 9.97 Å². The average molecular weight is 271 g/mol. The van der Waals surface area contributed by atoms with E-state index < -0.39 is 0 Å². The van der Waals surface area contributed by atoms with Gasteiger partial charge in [0.15, 0.2) is 0 Å². The van der Waals surface area contributed by atoms with Crippen molar-refractivity contribution in [2.24, 2.45) is 0 Å². The highest BCUT2D eigenvalue weighted by molar-refractivity contribution is 5.90. The molecule has 0 spiro atoms. The summed E-state index contributed by atoms with van der Waals surface area (Å²) >= 11 is 0. The first-order valence-corrected chi connectivity index (χ1v) is 6.79. The van der Waals surface area contributed by atoms with Crippen LogP contribution in [0, 0.1) is 0 Å². The highest BCUT2D eigenvalue weighted by Crippen LogP contribution is 2.12. The lowest BCUT2D eigenvalue weighted by atomic mass is 10.1.